The van der Waals surface area contributed by atoms with E-state index in [-0.39, 0.29) is 27.9 Å². The molecule has 0 radical (unpaired) electrons. The molecular formula is C13H11F3N4O2S. The predicted molar refractivity (Wildman–Crippen MR) is 76.8 cm³/mol. The molecule has 0 saturated carbocycles. The van der Waals surface area contributed by atoms with Gasteiger partial charge in [-0.25, -0.2) is 0 Å². The average molecular weight is 344 g/mol. The van der Waals surface area contributed by atoms with Gasteiger partial charge in [-0.2, -0.15) is 13.2 Å². The second-order valence-electron chi connectivity index (χ2n) is 4.47. The highest BCUT2D eigenvalue weighted by Gasteiger charge is 2.35. The fourth-order valence-corrected chi connectivity index (χ4v) is 2.16. The van der Waals surface area contributed by atoms with E-state index in [0.29, 0.717) is 6.54 Å². The van der Waals surface area contributed by atoms with E-state index in [1.54, 1.807) is 12.1 Å². The summed E-state index contributed by atoms with van der Waals surface area (Å²) in [6.45, 7) is 1.71. The number of carbonyl (C=O) groups is 2. The molecule has 2 N–H and O–H groups in total. The first kappa shape index (κ1) is 16.9. The first-order chi connectivity index (χ1) is 10.8. The van der Waals surface area contributed by atoms with Crippen LogP contribution in [0.3, 0.4) is 0 Å². The Morgan fingerprint density at radius 3 is 2.35 bits per heavy atom. The van der Waals surface area contributed by atoms with Crippen molar-refractivity contribution in [3.05, 3.63) is 40.4 Å². The normalized spacial score (nSPS) is 11.1. The largest absolute Gasteiger partial charge is 0.445 e. The van der Waals surface area contributed by atoms with Crippen molar-refractivity contribution in [3.63, 3.8) is 0 Å². The van der Waals surface area contributed by atoms with Crippen molar-refractivity contribution in [1.29, 1.82) is 0 Å². The minimum absolute atomic E-state index is 0.177. The van der Waals surface area contributed by atoms with Gasteiger partial charge in [-0.1, -0.05) is 23.5 Å². The summed E-state index contributed by atoms with van der Waals surface area (Å²) in [5, 5.41) is 9.76. The topological polar surface area (TPSA) is 84.0 Å². The van der Waals surface area contributed by atoms with E-state index in [1.807, 2.05) is 0 Å². The van der Waals surface area contributed by atoms with Crippen molar-refractivity contribution in [2.75, 3.05) is 5.32 Å². The van der Waals surface area contributed by atoms with Gasteiger partial charge in [0.2, 0.25) is 16.0 Å². The van der Waals surface area contributed by atoms with Crippen molar-refractivity contribution >= 4 is 28.3 Å². The predicted octanol–water partition coefficient (Wildman–Crippen LogP) is 2.45. The maximum absolute atomic E-state index is 12.4. The fraction of sp³-hybridized carbons (Fsp3) is 0.231. The molecule has 2 aromatic rings. The van der Waals surface area contributed by atoms with Gasteiger partial charge in [0.1, 0.15) is 0 Å². The van der Waals surface area contributed by atoms with Gasteiger partial charge >= 0.3 is 6.18 Å². The van der Waals surface area contributed by atoms with Crippen molar-refractivity contribution in [2.24, 2.45) is 0 Å². The molecule has 0 aliphatic heterocycles. The molecule has 0 atom stereocenters. The van der Waals surface area contributed by atoms with E-state index >= 15 is 0 Å². The van der Waals surface area contributed by atoms with Crippen LogP contribution in [0.15, 0.2) is 24.3 Å². The van der Waals surface area contributed by atoms with Gasteiger partial charge in [0.05, 0.1) is 0 Å². The van der Waals surface area contributed by atoms with Crippen LogP contribution in [0.2, 0.25) is 0 Å². The van der Waals surface area contributed by atoms with Crippen molar-refractivity contribution in [3.8, 4) is 0 Å². The first-order valence-corrected chi connectivity index (χ1v) is 7.13. The number of hydrogen-bond donors (Lipinski definition) is 2. The summed E-state index contributed by atoms with van der Waals surface area (Å²) < 4.78 is 37.2. The number of benzene rings is 1. The molecule has 122 valence electrons. The van der Waals surface area contributed by atoms with Crippen LogP contribution in [0, 0.1) is 0 Å². The lowest BCUT2D eigenvalue weighted by atomic mass is 10.1. The van der Waals surface area contributed by atoms with Gasteiger partial charge in [-0.15, -0.1) is 10.2 Å². The van der Waals surface area contributed by atoms with Gasteiger partial charge in [0.15, 0.2) is 0 Å². The summed E-state index contributed by atoms with van der Waals surface area (Å²) in [7, 11) is 0. The number of nitrogens with one attached hydrogen (secondary N) is 2. The Bertz CT molecular complexity index is 713. The van der Waals surface area contributed by atoms with E-state index in [0.717, 1.165) is 5.56 Å². The van der Waals surface area contributed by atoms with Crippen LogP contribution < -0.4 is 10.6 Å². The molecule has 0 aliphatic rings. The Hall–Kier alpha value is -2.49. The summed E-state index contributed by atoms with van der Waals surface area (Å²) >= 11 is 0.251. The molecular weight excluding hydrogens is 333 g/mol. The zero-order chi connectivity index (χ0) is 17.0. The first-order valence-electron chi connectivity index (χ1n) is 6.31. The minimum Gasteiger partial charge on any atom is -0.352 e. The smallest absolute Gasteiger partial charge is 0.352 e. The Morgan fingerprint density at radius 1 is 1.17 bits per heavy atom. The van der Waals surface area contributed by atoms with E-state index in [2.05, 4.69) is 20.8 Å². The lowest BCUT2D eigenvalue weighted by Crippen LogP contribution is -2.19. The standard InChI is InChI=1S/C13H11F3N4O2S/c1-7(21)17-6-8-2-4-9(5-3-8)10(22)18-12-20-19-11(23-12)13(14,15)16/h2-5H,6H2,1H3,(H,17,21)(H,18,20,22). The molecule has 2 amide bonds. The maximum Gasteiger partial charge on any atom is 0.445 e. The van der Waals surface area contributed by atoms with Crippen LogP contribution in [0.4, 0.5) is 18.3 Å². The van der Waals surface area contributed by atoms with Gasteiger partial charge in [0.25, 0.3) is 5.91 Å². The molecule has 1 aromatic heterocycles. The van der Waals surface area contributed by atoms with Crippen LogP contribution in [0.5, 0.6) is 0 Å². The molecule has 1 heterocycles. The zero-order valence-electron chi connectivity index (χ0n) is 11.8. The SMILES string of the molecule is CC(=O)NCc1ccc(C(=O)Nc2nnc(C(F)(F)F)s2)cc1. The molecule has 10 heteroatoms. The van der Waals surface area contributed by atoms with Crippen molar-refractivity contribution < 1.29 is 22.8 Å². The Labute approximate surface area is 132 Å². The lowest BCUT2D eigenvalue weighted by molar-refractivity contribution is -0.138. The number of aromatic nitrogens is 2. The van der Waals surface area contributed by atoms with Crippen LogP contribution in [-0.2, 0) is 17.5 Å². The van der Waals surface area contributed by atoms with E-state index in [9.17, 15) is 22.8 Å². The summed E-state index contributed by atoms with van der Waals surface area (Å²) in [5.41, 5.74) is 1.03. The number of hydrogen-bond acceptors (Lipinski definition) is 5. The van der Waals surface area contributed by atoms with Gasteiger partial charge in [-0.3, -0.25) is 14.9 Å². The van der Waals surface area contributed by atoms with E-state index in [1.165, 1.54) is 19.1 Å². The highest BCUT2D eigenvalue weighted by Crippen LogP contribution is 2.33. The Morgan fingerprint density at radius 2 is 1.83 bits per heavy atom. The van der Waals surface area contributed by atoms with Gasteiger partial charge < -0.3 is 5.32 Å². The molecule has 23 heavy (non-hydrogen) atoms. The number of alkyl halides is 3. The molecule has 0 unspecified atom stereocenters. The summed E-state index contributed by atoms with van der Waals surface area (Å²) in [6, 6.07) is 6.26. The molecule has 0 saturated heterocycles. The minimum atomic E-state index is -4.59. The summed E-state index contributed by atoms with van der Waals surface area (Å²) in [4.78, 5) is 22.7. The second kappa shape index (κ2) is 6.73. The third-order valence-electron chi connectivity index (χ3n) is 2.65. The van der Waals surface area contributed by atoms with E-state index in [4.69, 9.17) is 0 Å². The third kappa shape index (κ3) is 4.74. The number of carbonyl (C=O) groups excluding carboxylic acids is 2. The fourth-order valence-electron chi connectivity index (χ4n) is 1.56. The van der Waals surface area contributed by atoms with Crippen LogP contribution in [0.25, 0.3) is 0 Å². The second-order valence-corrected chi connectivity index (χ2v) is 5.45. The molecule has 0 fully saturated rings. The number of rotatable bonds is 4. The summed E-state index contributed by atoms with van der Waals surface area (Å²) in [6.07, 6.45) is -4.59. The number of amides is 2. The van der Waals surface area contributed by atoms with Gasteiger partial charge in [0, 0.05) is 19.0 Å². The van der Waals surface area contributed by atoms with Crippen LogP contribution >= 0.6 is 11.3 Å². The van der Waals surface area contributed by atoms with Crippen LogP contribution in [-0.4, -0.2) is 22.0 Å². The molecule has 2 rings (SSSR count). The highest BCUT2D eigenvalue weighted by molar-refractivity contribution is 7.15. The van der Waals surface area contributed by atoms with E-state index < -0.39 is 17.1 Å². The lowest BCUT2D eigenvalue weighted by Gasteiger charge is -2.04. The molecule has 0 spiro atoms. The molecule has 0 bridgehead atoms. The monoisotopic (exact) mass is 344 g/mol. The molecule has 1 aromatic carbocycles. The highest BCUT2D eigenvalue weighted by atomic mass is 32.1. The maximum atomic E-state index is 12.4. The molecule has 0 aliphatic carbocycles. The number of nitrogens with zero attached hydrogens (tertiary/aromatic N) is 2. The quantitative estimate of drug-likeness (QED) is 0.892. The number of anilines is 1. The zero-order valence-corrected chi connectivity index (χ0v) is 12.6. The van der Waals surface area contributed by atoms with Crippen molar-refractivity contribution in [2.45, 2.75) is 19.6 Å². The Kier molecular flexibility index (Phi) is 4.94. The van der Waals surface area contributed by atoms with Crippen molar-refractivity contribution in [1.82, 2.24) is 15.5 Å². The Balaban J connectivity index is 2.00. The van der Waals surface area contributed by atoms with Crippen LogP contribution in [0.1, 0.15) is 27.9 Å². The molecule has 6 nitrogen and oxygen atoms in total. The van der Waals surface area contributed by atoms with Gasteiger partial charge in [-0.05, 0) is 17.7 Å². The third-order valence-corrected chi connectivity index (χ3v) is 3.53. The number of halogens is 3. The average Bonchev–Trinajstić information content (AvgIpc) is 2.94. The summed E-state index contributed by atoms with van der Waals surface area (Å²) in [5.74, 6) is -0.774.